The molecule has 0 bridgehead atoms. The molecule has 1 aliphatic heterocycles. The summed E-state index contributed by atoms with van der Waals surface area (Å²) >= 11 is 0. The molecule has 0 aliphatic carbocycles. The van der Waals surface area contributed by atoms with Gasteiger partial charge in [0, 0.05) is 57.1 Å². The third-order valence-corrected chi connectivity index (χ3v) is 5.00. The molecule has 3 rings (SSSR count). The molecule has 7 nitrogen and oxygen atoms in total. The zero-order valence-electron chi connectivity index (χ0n) is 16.1. The lowest BCUT2D eigenvalue weighted by atomic mass is 10.0. The van der Waals surface area contributed by atoms with Gasteiger partial charge in [-0.05, 0) is 30.2 Å². The third-order valence-electron chi connectivity index (χ3n) is 5.00. The van der Waals surface area contributed by atoms with E-state index in [4.69, 9.17) is 0 Å². The summed E-state index contributed by atoms with van der Waals surface area (Å²) in [4.78, 5) is 43.9. The van der Waals surface area contributed by atoms with E-state index in [0.29, 0.717) is 37.1 Å². The van der Waals surface area contributed by atoms with Crippen LogP contribution in [0.5, 0.6) is 0 Å². The van der Waals surface area contributed by atoms with E-state index in [2.05, 4.69) is 10.3 Å². The Morgan fingerprint density at radius 2 is 1.89 bits per heavy atom. The Labute approximate surface area is 164 Å². The summed E-state index contributed by atoms with van der Waals surface area (Å²) in [5.74, 6) is -0.202. The van der Waals surface area contributed by atoms with Crippen LogP contribution in [0, 0.1) is 0 Å². The fraction of sp³-hybridized carbons (Fsp3) is 0.333. The van der Waals surface area contributed by atoms with E-state index in [-0.39, 0.29) is 23.8 Å². The van der Waals surface area contributed by atoms with Crippen molar-refractivity contribution >= 4 is 17.7 Å². The van der Waals surface area contributed by atoms with Crippen molar-refractivity contribution < 1.29 is 14.4 Å². The van der Waals surface area contributed by atoms with Gasteiger partial charge in [0.2, 0.25) is 5.91 Å². The molecule has 0 radical (unpaired) electrons. The number of carbonyl (C=O) groups is 3. The van der Waals surface area contributed by atoms with Gasteiger partial charge in [-0.3, -0.25) is 19.4 Å². The standard InChI is InChI=1S/C21H24N4O3/c1-24(20(27)15-9-11-22-12-10-15)13-5-8-19(26)23-14-18-16-6-3-4-7-17(16)21(28)25(18)2/h3-4,6-7,9-12,18H,5,8,13-14H2,1-2H3,(H,23,26)/t18-/m0/s1. The van der Waals surface area contributed by atoms with Crippen LogP contribution in [0.4, 0.5) is 0 Å². The van der Waals surface area contributed by atoms with Crippen molar-refractivity contribution in [1.29, 1.82) is 0 Å². The third kappa shape index (κ3) is 4.19. The highest BCUT2D eigenvalue weighted by Gasteiger charge is 2.33. The second-order valence-electron chi connectivity index (χ2n) is 6.89. The Bertz CT molecular complexity index is 869. The van der Waals surface area contributed by atoms with Gasteiger partial charge in [0.05, 0.1) is 6.04 Å². The first-order chi connectivity index (χ1) is 13.5. The van der Waals surface area contributed by atoms with Gasteiger partial charge in [0.15, 0.2) is 0 Å². The van der Waals surface area contributed by atoms with Crippen molar-refractivity contribution in [2.75, 3.05) is 27.2 Å². The van der Waals surface area contributed by atoms with Crippen LogP contribution in [0.2, 0.25) is 0 Å². The van der Waals surface area contributed by atoms with E-state index in [1.807, 2.05) is 24.3 Å². The highest BCUT2D eigenvalue weighted by molar-refractivity contribution is 5.99. The normalized spacial score (nSPS) is 15.3. The lowest BCUT2D eigenvalue weighted by Gasteiger charge is -2.21. The average molecular weight is 380 g/mol. The molecule has 1 aromatic heterocycles. The SMILES string of the molecule is CN(CCCC(=O)NC[C@H]1c2ccccc2C(=O)N1C)C(=O)c1ccncc1. The molecule has 2 aromatic rings. The summed E-state index contributed by atoms with van der Waals surface area (Å²) in [7, 11) is 3.47. The molecule has 2 heterocycles. The van der Waals surface area contributed by atoms with Gasteiger partial charge in [0.1, 0.15) is 0 Å². The van der Waals surface area contributed by atoms with Crippen molar-refractivity contribution in [3.8, 4) is 0 Å². The fourth-order valence-corrected chi connectivity index (χ4v) is 3.36. The Morgan fingerprint density at radius 1 is 1.18 bits per heavy atom. The van der Waals surface area contributed by atoms with Crippen molar-refractivity contribution in [2.24, 2.45) is 0 Å². The first-order valence-corrected chi connectivity index (χ1v) is 9.27. The summed E-state index contributed by atoms with van der Waals surface area (Å²) in [5, 5.41) is 2.91. The minimum absolute atomic E-state index is 0.0221. The van der Waals surface area contributed by atoms with Gasteiger partial charge in [-0.2, -0.15) is 0 Å². The maximum absolute atomic E-state index is 12.3. The molecule has 1 aromatic carbocycles. The number of fused-ring (bicyclic) bond motifs is 1. The van der Waals surface area contributed by atoms with Crippen LogP contribution >= 0.6 is 0 Å². The van der Waals surface area contributed by atoms with Crippen LogP contribution in [0.3, 0.4) is 0 Å². The zero-order chi connectivity index (χ0) is 20.1. The molecule has 1 aliphatic rings. The molecule has 3 amide bonds. The predicted octanol–water partition coefficient (Wildman–Crippen LogP) is 1.88. The topological polar surface area (TPSA) is 82.6 Å². The minimum atomic E-state index is -0.149. The van der Waals surface area contributed by atoms with Crippen LogP contribution in [-0.2, 0) is 4.79 Å². The maximum Gasteiger partial charge on any atom is 0.254 e. The minimum Gasteiger partial charge on any atom is -0.354 e. The van der Waals surface area contributed by atoms with Crippen molar-refractivity contribution in [3.05, 3.63) is 65.5 Å². The highest BCUT2D eigenvalue weighted by Crippen LogP contribution is 2.31. The molecular formula is C21H24N4O3. The van der Waals surface area contributed by atoms with Gasteiger partial charge in [-0.25, -0.2) is 0 Å². The monoisotopic (exact) mass is 380 g/mol. The number of aromatic nitrogens is 1. The van der Waals surface area contributed by atoms with Crippen LogP contribution in [0.25, 0.3) is 0 Å². The van der Waals surface area contributed by atoms with Gasteiger partial charge in [-0.15, -0.1) is 0 Å². The lowest BCUT2D eigenvalue weighted by molar-refractivity contribution is -0.121. The van der Waals surface area contributed by atoms with E-state index in [1.165, 1.54) is 0 Å². The van der Waals surface area contributed by atoms with E-state index in [9.17, 15) is 14.4 Å². The Morgan fingerprint density at radius 3 is 2.64 bits per heavy atom. The quantitative estimate of drug-likeness (QED) is 0.795. The Kier molecular flexibility index (Phi) is 6.03. The van der Waals surface area contributed by atoms with E-state index in [1.54, 1.807) is 48.4 Å². The van der Waals surface area contributed by atoms with Gasteiger partial charge in [0.25, 0.3) is 11.8 Å². The molecule has 0 saturated carbocycles. The summed E-state index contributed by atoms with van der Waals surface area (Å²) in [6.07, 6.45) is 4.05. The number of hydrogen-bond acceptors (Lipinski definition) is 4. The van der Waals surface area contributed by atoms with Crippen molar-refractivity contribution in [3.63, 3.8) is 0 Å². The van der Waals surface area contributed by atoms with Gasteiger partial charge in [-0.1, -0.05) is 18.2 Å². The molecule has 1 N–H and O–H groups in total. The first kappa shape index (κ1) is 19.5. The zero-order valence-corrected chi connectivity index (χ0v) is 16.1. The number of benzene rings is 1. The number of nitrogens with zero attached hydrogens (tertiary/aromatic N) is 3. The number of amides is 3. The Balaban J connectivity index is 1.44. The summed E-state index contributed by atoms with van der Waals surface area (Å²) in [5.41, 5.74) is 2.22. The largest absolute Gasteiger partial charge is 0.354 e. The average Bonchev–Trinajstić information content (AvgIpc) is 2.97. The molecule has 7 heteroatoms. The van der Waals surface area contributed by atoms with Crippen molar-refractivity contribution in [2.45, 2.75) is 18.9 Å². The number of rotatable bonds is 7. The predicted molar refractivity (Wildman–Crippen MR) is 105 cm³/mol. The fourth-order valence-electron chi connectivity index (χ4n) is 3.36. The molecular weight excluding hydrogens is 356 g/mol. The number of carbonyl (C=O) groups excluding carboxylic acids is 3. The molecule has 146 valence electrons. The summed E-state index contributed by atoms with van der Waals surface area (Å²) in [6, 6.07) is 10.7. The van der Waals surface area contributed by atoms with Gasteiger partial charge >= 0.3 is 0 Å². The molecule has 0 spiro atoms. The second-order valence-corrected chi connectivity index (χ2v) is 6.89. The van der Waals surface area contributed by atoms with Crippen LogP contribution in [0.1, 0.15) is 45.2 Å². The van der Waals surface area contributed by atoms with Crippen LogP contribution in [0.15, 0.2) is 48.8 Å². The highest BCUT2D eigenvalue weighted by atomic mass is 16.2. The van der Waals surface area contributed by atoms with Crippen LogP contribution in [-0.4, -0.2) is 59.7 Å². The van der Waals surface area contributed by atoms with E-state index in [0.717, 1.165) is 5.56 Å². The first-order valence-electron chi connectivity index (χ1n) is 9.27. The Hall–Kier alpha value is -3.22. The van der Waals surface area contributed by atoms with E-state index < -0.39 is 0 Å². The van der Waals surface area contributed by atoms with Crippen LogP contribution < -0.4 is 5.32 Å². The smallest absolute Gasteiger partial charge is 0.254 e. The number of nitrogens with one attached hydrogen (secondary N) is 1. The maximum atomic E-state index is 12.3. The van der Waals surface area contributed by atoms with Gasteiger partial charge < -0.3 is 15.1 Å². The van der Waals surface area contributed by atoms with Crippen molar-refractivity contribution in [1.82, 2.24) is 20.1 Å². The molecule has 28 heavy (non-hydrogen) atoms. The number of pyridine rings is 1. The lowest BCUT2D eigenvalue weighted by Crippen LogP contribution is -2.35. The van der Waals surface area contributed by atoms with E-state index >= 15 is 0 Å². The summed E-state index contributed by atoms with van der Waals surface area (Å²) in [6.45, 7) is 0.864. The molecule has 0 saturated heterocycles. The number of hydrogen-bond donors (Lipinski definition) is 1. The molecule has 1 atom stereocenters. The second kappa shape index (κ2) is 8.65. The molecule has 0 fully saturated rings. The molecule has 0 unspecified atom stereocenters. The summed E-state index contributed by atoms with van der Waals surface area (Å²) < 4.78 is 0. The number of likely N-dealkylation sites (N-methyl/N-ethyl adjacent to an activating group) is 1.